The van der Waals surface area contributed by atoms with Gasteiger partial charge in [0.25, 0.3) is 0 Å². The van der Waals surface area contributed by atoms with Crippen LogP contribution in [0.2, 0.25) is 10.0 Å². The van der Waals surface area contributed by atoms with Crippen LogP contribution in [0.3, 0.4) is 0 Å². The number of hydrogen-bond acceptors (Lipinski definition) is 7. The van der Waals surface area contributed by atoms with Gasteiger partial charge in [-0.3, -0.25) is 0 Å². The van der Waals surface area contributed by atoms with Crippen LogP contribution in [0.4, 0.5) is 0 Å². The summed E-state index contributed by atoms with van der Waals surface area (Å²) in [6.07, 6.45) is 0. The molecule has 0 unspecified atom stereocenters. The van der Waals surface area contributed by atoms with Gasteiger partial charge in [0.2, 0.25) is 21.7 Å². The number of rotatable bonds is 6. The lowest BCUT2D eigenvalue weighted by molar-refractivity contribution is 0.0600. The summed E-state index contributed by atoms with van der Waals surface area (Å²) in [4.78, 5) is 15.5. The fourth-order valence-electron chi connectivity index (χ4n) is 2.23. The summed E-state index contributed by atoms with van der Waals surface area (Å²) in [7, 11) is -2.86. The summed E-state index contributed by atoms with van der Waals surface area (Å²) in [6.45, 7) is -0.262. The van der Waals surface area contributed by atoms with Crippen molar-refractivity contribution < 1.29 is 22.5 Å². The van der Waals surface area contributed by atoms with Crippen molar-refractivity contribution in [2.24, 2.45) is 0 Å². The number of benzene rings is 2. The number of carbonyl (C=O) groups excluding carboxylic acids is 1. The van der Waals surface area contributed by atoms with Crippen molar-refractivity contribution in [3.05, 3.63) is 64.0 Å². The van der Waals surface area contributed by atoms with Crippen LogP contribution in [0.25, 0.3) is 11.4 Å². The Labute approximate surface area is 170 Å². The van der Waals surface area contributed by atoms with E-state index in [1.54, 1.807) is 24.3 Å². The first-order valence-corrected chi connectivity index (χ1v) is 10.00. The Kier molecular flexibility index (Phi) is 5.99. The van der Waals surface area contributed by atoms with E-state index in [2.05, 4.69) is 19.6 Å². The summed E-state index contributed by atoms with van der Waals surface area (Å²) in [5.41, 5.74) is 0.714. The molecule has 11 heteroatoms. The van der Waals surface area contributed by atoms with Gasteiger partial charge in [-0.25, -0.2) is 17.9 Å². The van der Waals surface area contributed by atoms with E-state index in [0.717, 1.165) is 6.07 Å². The molecule has 0 spiro atoms. The van der Waals surface area contributed by atoms with Crippen molar-refractivity contribution in [1.29, 1.82) is 0 Å². The van der Waals surface area contributed by atoms with E-state index < -0.39 is 16.0 Å². The molecule has 0 amide bonds. The Morgan fingerprint density at radius 3 is 2.57 bits per heavy atom. The third-order valence-corrected chi connectivity index (χ3v) is 5.76. The number of esters is 1. The van der Waals surface area contributed by atoms with Crippen molar-refractivity contribution in [3.8, 4) is 11.4 Å². The Bertz CT molecular complexity index is 1110. The number of aromatic nitrogens is 2. The highest BCUT2D eigenvalue weighted by molar-refractivity contribution is 7.89. The van der Waals surface area contributed by atoms with Gasteiger partial charge in [-0.15, -0.1) is 0 Å². The second kappa shape index (κ2) is 8.27. The third-order valence-electron chi connectivity index (χ3n) is 3.63. The van der Waals surface area contributed by atoms with E-state index >= 15 is 0 Å². The van der Waals surface area contributed by atoms with E-state index in [9.17, 15) is 13.2 Å². The zero-order valence-electron chi connectivity index (χ0n) is 14.3. The average Bonchev–Trinajstić information content (AvgIpc) is 3.16. The third kappa shape index (κ3) is 4.50. The van der Waals surface area contributed by atoms with Gasteiger partial charge in [-0.1, -0.05) is 28.4 Å². The zero-order chi connectivity index (χ0) is 20.3. The maximum absolute atomic E-state index is 12.6. The minimum Gasteiger partial charge on any atom is -0.465 e. The maximum Gasteiger partial charge on any atom is 0.337 e. The van der Waals surface area contributed by atoms with Gasteiger partial charge < -0.3 is 9.26 Å². The van der Waals surface area contributed by atoms with Crippen LogP contribution in [0.5, 0.6) is 0 Å². The van der Waals surface area contributed by atoms with E-state index in [0.29, 0.717) is 10.6 Å². The average molecular weight is 442 g/mol. The van der Waals surface area contributed by atoms with Crippen LogP contribution >= 0.6 is 23.2 Å². The molecule has 0 bridgehead atoms. The van der Waals surface area contributed by atoms with Crippen LogP contribution in [0.1, 0.15) is 16.2 Å². The quantitative estimate of drug-likeness (QED) is 0.583. The van der Waals surface area contributed by atoms with Crippen LogP contribution in [-0.2, 0) is 21.3 Å². The number of nitrogens with one attached hydrogen (secondary N) is 1. The highest BCUT2D eigenvalue weighted by Gasteiger charge is 2.21. The van der Waals surface area contributed by atoms with Crippen molar-refractivity contribution in [2.45, 2.75) is 11.4 Å². The normalized spacial score (nSPS) is 11.4. The highest BCUT2D eigenvalue weighted by atomic mass is 35.5. The van der Waals surface area contributed by atoms with Gasteiger partial charge in [0.05, 0.1) is 24.2 Å². The molecule has 2 aromatic carbocycles. The number of ether oxygens (including phenoxy) is 1. The molecule has 1 N–H and O–H groups in total. The second-order valence-corrected chi connectivity index (χ2v) is 8.06. The number of halogens is 2. The van der Waals surface area contributed by atoms with E-state index in [1.807, 2.05) is 0 Å². The second-order valence-electron chi connectivity index (χ2n) is 5.48. The van der Waals surface area contributed by atoms with Gasteiger partial charge in [-0.2, -0.15) is 4.98 Å². The van der Waals surface area contributed by atoms with Gasteiger partial charge >= 0.3 is 5.97 Å². The predicted molar refractivity (Wildman–Crippen MR) is 102 cm³/mol. The van der Waals surface area contributed by atoms with Crippen molar-refractivity contribution in [3.63, 3.8) is 0 Å². The first kappa shape index (κ1) is 20.3. The molecule has 1 aromatic heterocycles. The van der Waals surface area contributed by atoms with Gasteiger partial charge in [0.15, 0.2) is 0 Å². The first-order chi connectivity index (χ1) is 13.3. The lowest BCUT2D eigenvalue weighted by Gasteiger charge is -2.08. The molecule has 3 aromatic rings. The Balaban J connectivity index is 1.77. The topological polar surface area (TPSA) is 111 Å². The molecule has 0 aliphatic heterocycles. The largest absolute Gasteiger partial charge is 0.465 e. The Hall–Kier alpha value is -2.46. The molecule has 3 rings (SSSR count). The zero-order valence-corrected chi connectivity index (χ0v) is 16.7. The van der Waals surface area contributed by atoms with Crippen LogP contribution in [-0.4, -0.2) is 31.6 Å². The molecule has 0 atom stereocenters. The molecule has 0 aliphatic rings. The Morgan fingerprint density at radius 1 is 1.18 bits per heavy atom. The molecule has 0 fully saturated rings. The van der Waals surface area contributed by atoms with Crippen LogP contribution in [0.15, 0.2) is 51.9 Å². The molecule has 0 saturated carbocycles. The number of methoxy groups -OCH3 is 1. The van der Waals surface area contributed by atoms with Crippen LogP contribution < -0.4 is 4.72 Å². The maximum atomic E-state index is 12.6. The van der Waals surface area contributed by atoms with Crippen molar-refractivity contribution in [2.75, 3.05) is 7.11 Å². The van der Waals surface area contributed by atoms with Gasteiger partial charge in [-0.05, 0) is 42.5 Å². The number of nitrogens with zero attached hydrogens (tertiary/aromatic N) is 2. The molecule has 0 radical (unpaired) electrons. The standard InChI is InChI=1S/C17H13Cl2N3O5S/c1-26-17(23)11-4-7-13(19)14(8-11)28(24,25)20-9-15-21-16(22-27-15)10-2-5-12(18)6-3-10/h2-8,20H,9H2,1H3. The van der Waals surface area contributed by atoms with Crippen molar-refractivity contribution >= 4 is 39.2 Å². The number of carbonyl (C=O) groups is 1. The molecule has 8 nitrogen and oxygen atoms in total. The smallest absolute Gasteiger partial charge is 0.337 e. The molecular weight excluding hydrogens is 429 g/mol. The van der Waals surface area contributed by atoms with E-state index in [4.69, 9.17) is 27.7 Å². The Morgan fingerprint density at radius 2 is 1.89 bits per heavy atom. The fraction of sp³-hybridized carbons (Fsp3) is 0.118. The molecule has 0 saturated heterocycles. The predicted octanol–water partition coefficient (Wildman–Crippen LogP) is 3.31. The van der Waals surface area contributed by atoms with Crippen LogP contribution in [0, 0.1) is 0 Å². The van der Waals surface area contributed by atoms with E-state index in [1.165, 1.54) is 19.2 Å². The molecule has 28 heavy (non-hydrogen) atoms. The van der Waals surface area contributed by atoms with Gasteiger partial charge in [0.1, 0.15) is 4.90 Å². The lowest BCUT2D eigenvalue weighted by atomic mass is 10.2. The molecular formula is C17H13Cl2N3O5S. The highest BCUT2D eigenvalue weighted by Crippen LogP contribution is 2.23. The molecule has 0 aliphatic carbocycles. The van der Waals surface area contributed by atoms with E-state index in [-0.39, 0.29) is 33.7 Å². The minimum absolute atomic E-state index is 0.0486. The fourth-order valence-corrected chi connectivity index (χ4v) is 3.86. The van der Waals surface area contributed by atoms with Crippen molar-refractivity contribution in [1.82, 2.24) is 14.9 Å². The summed E-state index contributed by atoms with van der Waals surface area (Å²) < 4.78 is 37.1. The number of hydrogen-bond donors (Lipinski definition) is 1. The van der Waals surface area contributed by atoms with Gasteiger partial charge in [0, 0.05) is 10.6 Å². The first-order valence-electron chi connectivity index (χ1n) is 7.76. The summed E-state index contributed by atoms with van der Waals surface area (Å²) in [6, 6.07) is 10.6. The lowest BCUT2D eigenvalue weighted by Crippen LogP contribution is -2.24. The molecule has 1 heterocycles. The summed E-state index contributed by atoms with van der Waals surface area (Å²) in [5, 5.41) is 4.32. The summed E-state index contributed by atoms with van der Waals surface area (Å²) in [5.74, 6) is -0.344. The number of sulfonamides is 1. The SMILES string of the molecule is COC(=O)c1ccc(Cl)c(S(=O)(=O)NCc2nc(-c3ccc(Cl)cc3)no2)c1. The minimum atomic E-state index is -4.05. The molecule has 146 valence electrons. The monoisotopic (exact) mass is 441 g/mol. The summed E-state index contributed by atoms with van der Waals surface area (Å²) >= 11 is 11.8.